The van der Waals surface area contributed by atoms with E-state index in [0.29, 0.717) is 0 Å². The molecule has 0 saturated heterocycles. The number of rotatable bonds is 3. The van der Waals surface area contributed by atoms with Gasteiger partial charge in [0.25, 0.3) is 0 Å². The van der Waals surface area contributed by atoms with Crippen molar-refractivity contribution < 1.29 is 4.74 Å². The SMILES string of the molecule is c1ccc(-c2ccc(CC3Cc4ccccc4O3)cc2)cc1. The van der Waals surface area contributed by atoms with Crippen LogP contribution in [0, 0.1) is 0 Å². The van der Waals surface area contributed by atoms with Crippen LogP contribution in [0.2, 0.25) is 0 Å². The van der Waals surface area contributed by atoms with Crippen LogP contribution in [0.5, 0.6) is 5.75 Å². The minimum absolute atomic E-state index is 0.264. The lowest BCUT2D eigenvalue weighted by Gasteiger charge is -2.11. The fourth-order valence-corrected chi connectivity index (χ4v) is 3.09. The average molecular weight is 286 g/mol. The van der Waals surface area contributed by atoms with E-state index in [1.165, 1.54) is 22.3 Å². The van der Waals surface area contributed by atoms with Gasteiger partial charge >= 0.3 is 0 Å². The monoisotopic (exact) mass is 286 g/mol. The summed E-state index contributed by atoms with van der Waals surface area (Å²) in [6.07, 6.45) is 2.24. The van der Waals surface area contributed by atoms with Crippen molar-refractivity contribution in [2.45, 2.75) is 18.9 Å². The Labute approximate surface area is 131 Å². The second kappa shape index (κ2) is 5.69. The molecule has 1 unspecified atom stereocenters. The maximum atomic E-state index is 6.03. The summed E-state index contributed by atoms with van der Waals surface area (Å²) in [5, 5.41) is 0. The number of hydrogen-bond acceptors (Lipinski definition) is 1. The molecular formula is C21H18O. The molecule has 0 radical (unpaired) electrons. The average Bonchev–Trinajstić information content (AvgIpc) is 2.98. The van der Waals surface area contributed by atoms with Gasteiger partial charge in [0.1, 0.15) is 11.9 Å². The molecule has 1 nitrogen and oxygen atoms in total. The second-order valence-corrected chi connectivity index (χ2v) is 5.82. The van der Waals surface area contributed by atoms with Crippen molar-refractivity contribution in [2.75, 3.05) is 0 Å². The minimum Gasteiger partial charge on any atom is -0.489 e. The summed E-state index contributed by atoms with van der Waals surface area (Å²) < 4.78 is 6.03. The van der Waals surface area contributed by atoms with Crippen molar-refractivity contribution in [3.05, 3.63) is 90.0 Å². The zero-order chi connectivity index (χ0) is 14.8. The third-order valence-electron chi connectivity index (χ3n) is 4.24. The molecule has 3 aromatic rings. The maximum absolute atomic E-state index is 6.03. The van der Waals surface area contributed by atoms with Gasteiger partial charge in [-0.2, -0.15) is 0 Å². The lowest BCUT2D eigenvalue weighted by molar-refractivity contribution is 0.233. The van der Waals surface area contributed by atoms with E-state index in [4.69, 9.17) is 4.74 Å². The lowest BCUT2D eigenvalue weighted by Crippen LogP contribution is -2.16. The van der Waals surface area contributed by atoms with Gasteiger partial charge in [0.2, 0.25) is 0 Å². The highest BCUT2D eigenvalue weighted by Gasteiger charge is 2.22. The molecule has 0 fully saturated rings. The quantitative estimate of drug-likeness (QED) is 0.665. The van der Waals surface area contributed by atoms with Crippen LogP contribution in [0.3, 0.4) is 0 Å². The normalized spacial score (nSPS) is 16.1. The Balaban J connectivity index is 1.47. The Hall–Kier alpha value is -2.54. The Morgan fingerprint density at radius 3 is 2.18 bits per heavy atom. The third kappa shape index (κ3) is 2.62. The van der Waals surface area contributed by atoms with E-state index < -0.39 is 0 Å². The number of fused-ring (bicyclic) bond motifs is 1. The van der Waals surface area contributed by atoms with Gasteiger partial charge in [-0.25, -0.2) is 0 Å². The van der Waals surface area contributed by atoms with E-state index in [-0.39, 0.29) is 6.10 Å². The Morgan fingerprint density at radius 2 is 1.41 bits per heavy atom. The van der Waals surface area contributed by atoms with E-state index >= 15 is 0 Å². The van der Waals surface area contributed by atoms with E-state index in [9.17, 15) is 0 Å². The lowest BCUT2D eigenvalue weighted by atomic mass is 10.00. The molecule has 108 valence electrons. The zero-order valence-electron chi connectivity index (χ0n) is 12.4. The van der Waals surface area contributed by atoms with E-state index in [1.807, 2.05) is 12.1 Å². The first-order valence-electron chi connectivity index (χ1n) is 7.77. The molecule has 0 amide bonds. The maximum Gasteiger partial charge on any atom is 0.123 e. The van der Waals surface area contributed by atoms with Gasteiger partial charge in [-0.05, 0) is 28.3 Å². The number of ether oxygens (including phenoxy) is 1. The van der Waals surface area contributed by atoms with Crippen LogP contribution in [0.1, 0.15) is 11.1 Å². The van der Waals surface area contributed by atoms with Crippen molar-refractivity contribution in [3.8, 4) is 16.9 Å². The van der Waals surface area contributed by atoms with Crippen molar-refractivity contribution in [3.63, 3.8) is 0 Å². The summed E-state index contributed by atoms with van der Waals surface area (Å²) in [5.74, 6) is 1.05. The molecule has 0 aromatic heterocycles. The van der Waals surface area contributed by atoms with Crippen LogP contribution in [0.4, 0.5) is 0 Å². The Bertz CT molecular complexity index is 734. The largest absolute Gasteiger partial charge is 0.489 e. The molecule has 1 atom stereocenters. The predicted octanol–water partition coefficient (Wildman–Crippen LogP) is 4.90. The summed E-state index contributed by atoms with van der Waals surface area (Å²) in [6, 6.07) is 27.7. The summed E-state index contributed by atoms with van der Waals surface area (Å²) in [4.78, 5) is 0. The highest BCUT2D eigenvalue weighted by Crippen LogP contribution is 2.30. The molecule has 0 saturated carbocycles. The molecule has 22 heavy (non-hydrogen) atoms. The molecule has 1 aliphatic rings. The van der Waals surface area contributed by atoms with Gasteiger partial charge in [-0.15, -0.1) is 0 Å². The van der Waals surface area contributed by atoms with Crippen molar-refractivity contribution >= 4 is 0 Å². The number of para-hydroxylation sites is 1. The second-order valence-electron chi connectivity index (χ2n) is 5.82. The highest BCUT2D eigenvalue weighted by molar-refractivity contribution is 5.63. The molecule has 0 aliphatic carbocycles. The zero-order valence-corrected chi connectivity index (χ0v) is 12.4. The molecule has 0 bridgehead atoms. The Kier molecular flexibility index (Phi) is 3.40. The van der Waals surface area contributed by atoms with E-state index in [2.05, 4.69) is 66.7 Å². The minimum atomic E-state index is 0.264. The fourth-order valence-electron chi connectivity index (χ4n) is 3.09. The third-order valence-corrected chi connectivity index (χ3v) is 4.24. The van der Waals surface area contributed by atoms with Crippen LogP contribution in [-0.2, 0) is 12.8 Å². The first kappa shape index (κ1) is 13.1. The number of hydrogen-bond donors (Lipinski definition) is 0. The van der Waals surface area contributed by atoms with Crippen LogP contribution in [0.25, 0.3) is 11.1 Å². The van der Waals surface area contributed by atoms with E-state index in [1.54, 1.807) is 0 Å². The van der Waals surface area contributed by atoms with Gasteiger partial charge < -0.3 is 4.74 Å². The van der Waals surface area contributed by atoms with Crippen LogP contribution in [-0.4, -0.2) is 6.10 Å². The molecule has 1 aliphatic heterocycles. The van der Waals surface area contributed by atoms with Gasteiger partial charge in [-0.1, -0.05) is 72.8 Å². The van der Waals surface area contributed by atoms with E-state index in [0.717, 1.165) is 18.6 Å². The highest BCUT2D eigenvalue weighted by atomic mass is 16.5. The molecule has 0 spiro atoms. The van der Waals surface area contributed by atoms with Gasteiger partial charge in [0.05, 0.1) is 0 Å². The summed E-state index contributed by atoms with van der Waals surface area (Å²) in [6.45, 7) is 0. The predicted molar refractivity (Wildman–Crippen MR) is 90.1 cm³/mol. The molecule has 0 N–H and O–H groups in total. The van der Waals surface area contributed by atoms with Gasteiger partial charge in [0, 0.05) is 12.8 Å². The van der Waals surface area contributed by atoms with Crippen molar-refractivity contribution in [1.29, 1.82) is 0 Å². The van der Waals surface area contributed by atoms with Gasteiger partial charge in [0.15, 0.2) is 0 Å². The number of benzene rings is 3. The van der Waals surface area contributed by atoms with Crippen LogP contribution >= 0.6 is 0 Å². The standard InChI is InChI=1S/C21H18O/c1-2-6-17(7-3-1)18-12-10-16(11-13-18)14-20-15-19-8-4-5-9-21(19)22-20/h1-13,20H,14-15H2. The molecular weight excluding hydrogens is 268 g/mol. The van der Waals surface area contributed by atoms with Crippen molar-refractivity contribution in [1.82, 2.24) is 0 Å². The summed E-state index contributed by atoms with van der Waals surface area (Å²) >= 11 is 0. The topological polar surface area (TPSA) is 9.23 Å². The summed E-state index contributed by atoms with van der Waals surface area (Å²) in [7, 11) is 0. The first-order chi connectivity index (χ1) is 10.9. The summed E-state index contributed by atoms with van der Waals surface area (Å²) in [5.41, 5.74) is 5.18. The molecule has 1 heteroatoms. The molecule has 1 heterocycles. The Morgan fingerprint density at radius 1 is 0.727 bits per heavy atom. The molecule has 3 aromatic carbocycles. The van der Waals surface area contributed by atoms with Crippen LogP contribution < -0.4 is 4.74 Å². The fraction of sp³-hybridized carbons (Fsp3) is 0.143. The van der Waals surface area contributed by atoms with Gasteiger partial charge in [-0.3, -0.25) is 0 Å². The first-order valence-corrected chi connectivity index (χ1v) is 7.77. The molecule has 4 rings (SSSR count). The smallest absolute Gasteiger partial charge is 0.123 e. The van der Waals surface area contributed by atoms with Crippen molar-refractivity contribution in [2.24, 2.45) is 0 Å². The van der Waals surface area contributed by atoms with Crippen LogP contribution in [0.15, 0.2) is 78.9 Å².